The van der Waals surface area contributed by atoms with Gasteiger partial charge in [-0.05, 0) is 53.6 Å². The van der Waals surface area contributed by atoms with Crippen molar-refractivity contribution in [2.24, 2.45) is 0 Å². The Morgan fingerprint density at radius 3 is 2.39 bits per heavy atom. The van der Waals surface area contributed by atoms with Gasteiger partial charge in [0.2, 0.25) is 0 Å². The summed E-state index contributed by atoms with van der Waals surface area (Å²) in [5, 5.41) is 20.3. The van der Waals surface area contributed by atoms with Crippen molar-refractivity contribution in [3.63, 3.8) is 0 Å². The maximum Gasteiger partial charge on any atom is 0.253 e. The van der Waals surface area contributed by atoms with Gasteiger partial charge in [-0.25, -0.2) is 8.78 Å². The van der Waals surface area contributed by atoms with Crippen LogP contribution < -0.4 is 26.8 Å². The van der Waals surface area contributed by atoms with Gasteiger partial charge in [-0.3, -0.25) is 9.59 Å². The molecule has 3 unspecified atom stereocenters. The minimum atomic E-state index is -1.01. The van der Waals surface area contributed by atoms with E-state index in [1.165, 1.54) is 24.7 Å². The Hall–Kier alpha value is -3.10. The van der Waals surface area contributed by atoms with E-state index < -0.39 is 34.6 Å². The van der Waals surface area contributed by atoms with E-state index in [0.29, 0.717) is 18.5 Å². The Kier molecular flexibility index (Phi) is 6.58. The third-order valence-corrected chi connectivity index (χ3v) is 6.37. The summed E-state index contributed by atoms with van der Waals surface area (Å²) in [6.07, 6.45) is 0.507. The van der Waals surface area contributed by atoms with Crippen LogP contribution in [-0.4, -0.2) is 30.3 Å². The lowest BCUT2D eigenvalue weighted by molar-refractivity contribution is 0.103. The van der Waals surface area contributed by atoms with Crippen LogP contribution >= 0.6 is 0 Å². The van der Waals surface area contributed by atoms with Crippen molar-refractivity contribution in [2.45, 2.75) is 50.9 Å². The van der Waals surface area contributed by atoms with E-state index in [9.17, 15) is 23.5 Å². The zero-order valence-corrected chi connectivity index (χ0v) is 18.5. The van der Waals surface area contributed by atoms with Gasteiger partial charge in [-0.1, -0.05) is 25.1 Å². The molecule has 4 N–H and O–H groups in total. The van der Waals surface area contributed by atoms with E-state index in [4.69, 9.17) is 0 Å². The van der Waals surface area contributed by atoms with Gasteiger partial charge in [0.15, 0.2) is 0 Å². The normalized spacial score (nSPS) is 17.4. The first kappa shape index (κ1) is 23.1. The molecular formula is C25H27F2N3O3. The number of rotatable bonds is 8. The number of fused-ring (bicyclic) bond motifs is 1. The van der Waals surface area contributed by atoms with Crippen molar-refractivity contribution in [3.8, 4) is 0 Å². The molecule has 0 saturated heterocycles. The average Bonchev–Trinajstić information content (AvgIpc) is 2.81. The molecule has 0 fully saturated rings. The van der Waals surface area contributed by atoms with E-state index >= 15 is 0 Å². The van der Waals surface area contributed by atoms with Crippen LogP contribution in [0.3, 0.4) is 0 Å². The van der Waals surface area contributed by atoms with Crippen LogP contribution in [0.5, 0.6) is 0 Å². The number of aliphatic hydroxyl groups is 1. The predicted molar refractivity (Wildman–Crippen MR) is 125 cm³/mol. The SMILES string of the molecule is CCc1ccc2c(c1)CC(C(O)C(Cc1cc(F)cc(F)c1)Nc1c(NC)c(=O)c1=O)NC2. The first-order valence-corrected chi connectivity index (χ1v) is 11.0. The Morgan fingerprint density at radius 2 is 1.73 bits per heavy atom. The largest absolute Gasteiger partial charge is 0.389 e. The maximum atomic E-state index is 13.8. The molecule has 0 spiro atoms. The molecule has 4 rings (SSSR count). The molecule has 3 aromatic rings. The van der Waals surface area contributed by atoms with Crippen LogP contribution in [0.25, 0.3) is 0 Å². The number of hydrogen-bond acceptors (Lipinski definition) is 6. The van der Waals surface area contributed by atoms with E-state index in [2.05, 4.69) is 41.1 Å². The number of halogens is 2. The highest BCUT2D eigenvalue weighted by Gasteiger charge is 2.33. The smallest absolute Gasteiger partial charge is 0.253 e. The molecule has 33 heavy (non-hydrogen) atoms. The van der Waals surface area contributed by atoms with E-state index in [1.807, 2.05) is 0 Å². The summed E-state index contributed by atoms with van der Waals surface area (Å²) >= 11 is 0. The van der Waals surface area contributed by atoms with Crippen LogP contribution in [0.1, 0.15) is 29.2 Å². The zero-order chi connectivity index (χ0) is 23.7. The number of nitrogens with one attached hydrogen (secondary N) is 3. The highest BCUT2D eigenvalue weighted by Crippen LogP contribution is 2.25. The van der Waals surface area contributed by atoms with E-state index in [1.54, 1.807) is 0 Å². The molecule has 1 aliphatic heterocycles. The molecule has 0 aliphatic carbocycles. The summed E-state index contributed by atoms with van der Waals surface area (Å²) in [6.45, 7) is 2.65. The monoisotopic (exact) mass is 455 g/mol. The average molecular weight is 456 g/mol. The topological polar surface area (TPSA) is 90.5 Å². The van der Waals surface area contributed by atoms with Gasteiger partial charge in [0.1, 0.15) is 23.0 Å². The highest BCUT2D eigenvalue weighted by atomic mass is 19.1. The highest BCUT2D eigenvalue weighted by molar-refractivity contribution is 5.74. The van der Waals surface area contributed by atoms with Crippen LogP contribution in [0.15, 0.2) is 46.0 Å². The Balaban J connectivity index is 1.62. The van der Waals surface area contributed by atoms with E-state index in [0.717, 1.165) is 23.6 Å². The third-order valence-electron chi connectivity index (χ3n) is 6.37. The van der Waals surface area contributed by atoms with Crippen LogP contribution in [0, 0.1) is 11.6 Å². The molecule has 3 aromatic carbocycles. The van der Waals surface area contributed by atoms with Gasteiger partial charge in [-0.2, -0.15) is 0 Å². The quantitative estimate of drug-likeness (QED) is 0.390. The van der Waals surface area contributed by atoms with Crippen LogP contribution in [0.2, 0.25) is 0 Å². The molecule has 1 heterocycles. The summed E-state index contributed by atoms with van der Waals surface area (Å²) in [6, 6.07) is 8.35. The fraction of sp³-hybridized carbons (Fsp3) is 0.360. The Labute approximate surface area is 190 Å². The number of benzene rings is 2. The van der Waals surface area contributed by atoms with Gasteiger partial charge >= 0.3 is 0 Å². The fourth-order valence-electron chi connectivity index (χ4n) is 4.53. The Bertz CT molecular complexity index is 1220. The van der Waals surface area contributed by atoms with Crippen molar-refractivity contribution in [1.82, 2.24) is 5.32 Å². The van der Waals surface area contributed by atoms with Crippen LogP contribution in [-0.2, 0) is 25.8 Å². The molecule has 0 bridgehead atoms. The minimum absolute atomic E-state index is 0.0534. The third kappa shape index (κ3) is 4.67. The van der Waals surface area contributed by atoms with Gasteiger partial charge in [-0.15, -0.1) is 0 Å². The lowest BCUT2D eigenvalue weighted by Gasteiger charge is -2.35. The summed E-state index contributed by atoms with van der Waals surface area (Å²) in [5.41, 5.74) is 2.72. The standard InChI is InChI=1S/C25H27F2N3O3/c1-3-13-4-5-15-12-29-19(10-16(15)6-13)23(31)20(9-14-7-17(26)11-18(27)8-14)30-22-21(28-2)24(32)25(22)33/h4-8,11,19-20,23,28-31H,3,9-10,12H2,1-2H3. The first-order chi connectivity index (χ1) is 15.8. The van der Waals surface area contributed by atoms with E-state index in [-0.39, 0.29) is 23.8 Å². The van der Waals surface area contributed by atoms with Gasteiger partial charge in [0, 0.05) is 25.7 Å². The predicted octanol–water partition coefficient (Wildman–Crippen LogP) is 2.26. The molecular weight excluding hydrogens is 428 g/mol. The van der Waals surface area contributed by atoms with Crippen molar-refractivity contribution < 1.29 is 13.9 Å². The molecule has 0 aromatic heterocycles. The summed E-state index contributed by atoms with van der Waals surface area (Å²) in [5.74, 6) is -1.44. The number of anilines is 2. The second-order valence-electron chi connectivity index (χ2n) is 8.53. The summed E-state index contributed by atoms with van der Waals surface area (Å²) < 4.78 is 27.6. The van der Waals surface area contributed by atoms with Crippen LogP contribution in [0.4, 0.5) is 20.2 Å². The maximum absolute atomic E-state index is 13.8. The molecule has 1 aliphatic rings. The number of hydrogen-bond donors (Lipinski definition) is 4. The number of aryl methyl sites for hydroxylation is 1. The fourth-order valence-corrected chi connectivity index (χ4v) is 4.53. The van der Waals surface area contributed by atoms with Crippen molar-refractivity contribution in [2.75, 3.05) is 17.7 Å². The molecule has 6 nitrogen and oxygen atoms in total. The van der Waals surface area contributed by atoms with Gasteiger partial charge < -0.3 is 21.1 Å². The van der Waals surface area contributed by atoms with Crippen molar-refractivity contribution in [3.05, 3.63) is 90.7 Å². The van der Waals surface area contributed by atoms with Gasteiger partial charge in [0.25, 0.3) is 10.9 Å². The summed E-state index contributed by atoms with van der Waals surface area (Å²) in [4.78, 5) is 24.0. The molecule has 0 saturated carbocycles. The molecule has 0 radical (unpaired) electrons. The molecule has 174 valence electrons. The molecule has 0 amide bonds. The van der Waals surface area contributed by atoms with Crippen molar-refractivity contribution in [1.29, 1.82) is 0 Å². The molecule has 8 heteroatoms. The first-order valence-electron chi connectivity index (χ1n) is 11.0. The zero-order valence-electron chi connectivity index (χ0n) is 18.5. The second-order valence-corrected chi connectivity index (χ2v) is 8.53. The number of aliphatic hydroxyl groups excluding tert-OH is 1. The van der Waals surface area contributed by atoms with Crippen molar-refractivity contribution >= 4 is 11.4 Å². The lowest BCUT2D eigenvalue weighted by atomic mass is 9.87. The Morgan fingerprint density at radius 1 is 1.03 bits per heavy atom. The molecule has 3 atom stereocenters. The summed E-state index contributed by atoms with van der Waals surface area (Å²) in [7, 11) is 1.53. The lowest BCUT2D eigenvalue weighted by Crippen LogP contribution is -2.53. The van der Waals surface area contributed by atoms with Gasteiger partial charge in [0.05, 0.1) is 12.1 Å². The minimum Gasteiger partial charge on any atom is -0.389 e. The second kappa shape index (κ2) is 9.41.